The Hall–Kier alpha value is -3.02. The van der Waals surface area contributed by atoms with E-state index < -0.39 is 12.0 Å². The predicted molar refractivity (Wildman–Crippen MR) is 141 cm³/mol. The molecule has 0 N–H and O–H groups in total. The summed E-state index contributed by atoms with van der Waals surface area (Å²) >= 11 is 1.45. The van der Waals surface area contributed by atoms with Crippen LogP contribution in [-0.4, -0.2) is 99.5 Å². The van der Waals surface area contributed by atoms with Gasteiger partial charge < -0.3 is 33.6 Å². The molecule has 1 fully saturated rings. The molecule has 3 aliphatic heterocycles. The Morgan fingerprint density at radius 3 is 2.32 bits per heavy atom. The fraction of sp³-hybridized carbons (Fsp3) is 0.500. The maximum atomic E-state index is 13.4. The van der Waals surface area contributed by atoms with E-state index >= 15 is 0 Å². The summed E-state index contributed by atoms with van der Waals surface area (Å²) in [6, 6.07) is 4.94. The minimum absolute atomic E-state index is 0.0543. The molecule has 0 spiro atoms. The second-order valence-corrected chi connectivity index (χ2v) is 9.87. The van der Waals surface area contributed by atoms with E-state index in [-0.39, 0.29) is 25.5 Å². The summed E-state index contributed by atoms with van der Waals surface area (Å²) < 4.78 is 21.6. The molecule has 0 aliphatic carbocycles. The number of hydrogen-bond donors (Lipinski definition) is 0. The van der Waals surface area contributed by atoms with Crippen molar-refractivity contribution in [1.82, 2.24) is 14.7 Å². The van der Waals surface area contributed by atoms with Crippen molar-refractivity contribution >= 4 is 28.8 Å². The monoisotopic (exact) mass is 530 g/mol. The van der Waals surface area contributed by atoms with Crippen LogP contribution in [0.15, 0.2) is 45.6 Å². The molecular weight excluding hydrogens is 496 g/mol. The number of ether oxygens (including phenoxy) is 4. The van der Waals surface area contributed by atoms with Gasteiger partial charge in [0.05, 0.1) is 44.6 Å². The fourth-order valence-corrected chi connectivity index (χ4v) is 5.52. The van der Waals surface area contributed by atoms with Gasteiger partial charge in [0.25, 0.3) is 0 Å². The number of thioether (sulfide) groups is 1. The summed E-state index contributed by atoms with van der Waals surface area (Å²) in [7, 11) is 6.78. The standard InChI is InChI=1S/C26H34N4O6S/c1-17-23(25(32)36-11-10-33-3)24(18-12-20(34-4)15-21(13-18)35-5)30-19(16-37-26(30)27-17)14-22(31)29-8-6-28(2)7-9-29/h12-13,15-16,24H,6-11,14H2,1-5H3. The van der Waals surface area contributed by atoms with Gasteiger partial charge in [-0.2, -0.15) is 0 Å². The lowest BCUT2D eigenvalue weighted by Gasteiger charge is -2.37. The lowest BCUT2D eigenvalue weighted by atomic mass is 9.93. The minimum atomic E-state index is -0.576. The molecule has 0 saturated carbocycles. The van der Waals surface area contributed by atoms with E-state index in [1.807, 2.05) is 27.3 Å². The largest absolute Gasteiger partial charge is 0.497 e. The molecule has 0 radical (unpaired) electrons. The van der Waals surface area contributed by atoms with Crippen LogP contribution in [0.5, 0.6) is 11.5 Å². The Kier molecular flexibility index (Phi) is 8.78. The molecule has 3 heterocycles. The highest BCUT2D eigenvalue weighted by Crippen LogP contribution is 2.46. The summed E-state index contributed by atoms with van der Waals surface area (Å²) in [5, 5.41) is 2.66. The lowest BCUT2D eigenvalue weighted by molar-refractivity contribution is -0.141. The summed E-state index contributed by atoms with van der Waals surface area (Å²) in [4.78, 5) is 37.4. The number of benzene rings is 1. The average molecular weight is 531 g/mol. The lowest BCUT2D eigenvalue weighted by Crippen LogP contribution is -2.47. The number of amidine groups is 1. The molecular formula is C26H34N4O6S. The van der Waals surface area contributed by atoms with Crippen LogP contribution in [0.4, 0.5) is 0 Å². The van der Waals surface area contributed by atoms with Gasteiger partial charge in [0.15, 0.2) is 5.17 Å². The molecule has 0 bridgehead atoms. The molecule has 3 aliphatic rings. The number of allylic oxidation sites excluding steroid dienone is 1. The number of rotatable bonds is 9. The van der Waals surface area contributed by atoms with E-state index in [2.05, 4.69) is 11.9 Å². The van der Waals surface area contributed by atoms with Crippen LogP contribution in [0, 0.1) is 0 Å². The zero-order chi connectivity index (χ0) is 26.5. The molecule has 1 amide bonds. The van der Waals surface area contributed by atoms with E-state index in [9.17, 15) is 9.59 Å². The molecule has 200 valence electrons. The van der Waals surface area contributed by atoms with Crippen LogP contribution >= 0.6 is 11.8 Å². The van der Waals surface area contributed by atoms with Crippen molar-refractivity contribution in [3.8, 4) is 11.5 Å². The van der Waals surface area contributed by atoms with Gasteiger partial charge in [0.1, 0.15) is 18.1 Å². The van der Waals surface area contributed by atoms with Gasteiger partial charge >= 0.3 is 5.97 Å². The first-order chi connectivity index (χ1) is 17.9. The number of carbonyl (C=O) groups is 2. The normalized spacial score (nSPS) is 19.9. The molecule has 1 aromatic carbocycles. The second kappa shape index (κ2) is 12.0. The maximum absolute atomic E-state index is 13.4. The zero-order valence-corrected chi connectivity index (χ0v) is 22.8. The van der Waals surface area contributed by atoms with Gasteiger partial charge in [0, 0.05) is 45.1 Å². The first-order valence-electron chi connectivity index (χ1n) is 12.2. The van der Waals surface area contributed by atoms with Crippen LogP contribution in [0.25, 0.3) is 0 Å². The van der Waals surface area contributed by atoms with Crippen molar-refractivity contribution in [1.29, 1.82) is 0 Å². The Morgan fingerprint density at radius 1 is 1.03 bits per heavy atom. The number of nitrogens with zero attached hydrogens (tertiary/aromatic N) is 4. The second-order valence-electron chi connectivity index (χ2n) is 9.03. The first-order valence-corrected chi connectivity index (χ1v) is 13.0. The number of likely N-dealkylation sites (N-methyl/N-ethyl adjacent to an activating group) is 1. The topological polar surface area (TPSA) is 93.1 Å². The van der Waals surface area contributed by atoms with Crippen molar-refractivity contribution in [3.63, 3.8) is 0 Å². The van der Waals surface area contributed by atoms with Gasteiger partial charge in [0.2, 0.25) is 5.91 Å². The van der Waals surface area contributed by atoms with Gasteiger partial charge in [-0.1, -0.05) is 11.8 Å². The fourth-order valence-electron chi connectivity index (χ4n) is 4.55. The van der Waals surface area contributed by atoms with E-state index in [0.717, 1.165) is 24.4 Å². The summed E-state index contributed by atoms with van der Waals surface area (Å²) in [6.45, 7) is 5.30. The smallest absolute Gasteiger partial charge is 0.338 e. The number of piperazine rings is 1. The number of fused-ring (bicyclic) bond motifs is 1. The molecule has 37 heavy (non-hydrogen) atoms. The van der Waals surface area contributed by atoms with Gasteiger partial charge in [-0.25, -0.2) is 9.79 Å². The van der Waals surface area contributed by atoms with Gasteiger partial charge in [-0.3, -0.25) is 4.79 Å². The molecule has 0 aromatic heterocycles. The Bertz CT molecular complexity index is 1100. The highest BCUT2D eigenvalue weighted by molar-refractivity contribution is 8.16. The highest BCUT2D eigenvalue weighted by atomic mass is 32.2. The van der Waals surface area contributed by atoms with E-state index in [1.165, 1.54) is 11.8 Å². The van der Waals surface area contributed by atoms with Crippen molar-refractivity contribution in [3.05, 3.63) is 46.1 Å². The average Bonchev–Trinajstić information content (AvgIpc) is 3.29. The van der Waals surface area contributed by atoms with Crippen LogP contribution in [0.1, 0.15) is 24.9 Å². The van der Waals surface area contributed by atoms with Crippen LogP contribution in [0.2, 0.25) is 0 Å². The molecule has 10 nitrogen and oxygen atoms in total. The van der Waals surface area contributed by atoms with Crippen molar-refractivity contribution in [2.45, 2.75) is 19.4 Å². The van der Waals surface area contributed by atoms with Crippen molar-refractivity contribution in [2.75, 3.05) is 67.8 Å². The van der Waals surface area contributed by atoms with Crippen molar-refractivity contribution < 1.29 is 28.5 Å². The number of carbonyl (C=O) groups excluding carboxylic acids is 2. The molecule has 1 unspecified atom stereocenters. The number of esters is 1. The molecule has 1 saturated heterocycles. The van der Waals surface area contributed by atoms with E-state index in [0.29, 0.717) is 41.0 Å². The van der Waals surface area contributed by atoms with Gasteiger partial charge in [-0.15, -0.1) is 0 Å². The molecule has 4 rings (SSSR count). The molecule has 11 heteroatoms. The first kappa shape index (κ1) is 27.0. The SMILES string of the molecule is COCCOC(=O)C1=C(C)N=C2SC=C(CC(=O)N3CCN(C)CC3)N2C1c1cc(OC)cc(OC)c1. The number of aliphatic imine (C=N–C) groups is 1. The quantitative estimate of drug-likeness (QED) is 0.353. The number of methoxy groups -OCH3 is 3. The Labute approximate surface area is 221 Å². The van der Waals surface area contributed by atoms with Crippen LogP contribution in [-0.2, 0) is 19.1 Å². The minimum Gasteiger partial charge on any atom is -0.497 e. The third kappa shape index (κ3) is 5.94. The number of hydrogen-bond acceptors (Lipinski definition) is 10. The summed E-state index contributed by atoms with van der Waals surface area (Å²) in [5.74, 6) is 0.757. The predicted octanol–water partition coefficient (Wildman–Crippen LogP) is 2.63. The number of amides is 1. The van der Waals surface area contributed by atoms with Crippen LogP contribution < -0.4 is 9.47 Å². The maximum Gasteiger partial charge on any atom is 0.338 e. The van der Waals surface area contributed by atoms with Gasteiger partial charge in [-0.05, 0) is 37.1 Å². The Morgan fingerprint density at radius 2 is 1.70 bits per heavy atom. The zero-order valence-electron chi connectivity index (χ0n) is 22.0. The summed E-state index contributed by atoms with van der Waals surface area (Å²) in [6.07, 6.45) is 0.207. The van der Waals surface area contributed by atoms with E-state index in [4.69, 9.17) is 23.9 Å². The van der Waals surface area contributed by atoms with Crippen LogP contribution in [0.3, 0.4) is 0 Å². The third-order valence-electron chi connectivity index (χ3n) is 6.62. The van der Waals surface area contributed by atoms with Crippen molar-refractivity contribution in [2.24, 2.45) is 4.99 Å². The summed E-state index contributed by atoms with van der Waals surface area (Å²) in [5.41, 5.74) is 2.51. The third-order valence-corrected chi connectivity index (χ3v) is 7.51. The molecule has 1 aromatic rings. The van der Waals surface area contributed by atoms with E-state index in [1.54, 1.807) is 34.3 Å². The highest BCUT2D eigenvalue weighted by Gasteiger charge is 2.42. The Balaban J connectivity index is 1.70. The molecule has 1 atom stereocenters.